The van der Waals surface area contributed by atoms with E-state index in [4.69, 9.17) is 9.47 Å². The number of hydrogen-bond acceptors (Lipinski definition) is 9. The molecule has 0 saturated heterocycles. The molecule has 12 nitrogen and oxygen atoms in total. The molecule has 0 fully saturated rings. The maximum Gasteiger partial charge on any atom is 0.335 e. The van der Waals surface area contributed by atoms with Gasteiger partial charge in [-0.3, -0.25) is 4.90 Å². The van der Waals surface area contributed by atoms with Crippen molar-refractivity contribution in [1.29, 1.82) is 0 Å². The molecule has 220 valence electrons. The summed E-state index contributed by atoms with van der Waals surface area (Å²) in [6, 6.07) is 14.9. The van der Waals surface area contributed by atoms with Crippen LogP contribution in [0.3, 0.4) is 0 Å². The molecule has 0 bridgehead atoms. The summed E-state index contributed by atoms with van der Waals surface area (Å²) >= 11 is 0. The molecule has 4 aromatic rings. The first-order chi connectivity index (χ1) is 19.9. The minimum Gasteiger partial charge on any atom is -0.497 e. The molecule has 5 rings (SSSR count). The van der Waals surface area contributed by atoms with E-state index in [1.165, 1.54) is 11.1 Å². The highest BCUT2D eigenvalue weighted by Crippen LogP contribution is 2.36. The van der Waals surface area contributed by atoms with Gasteiger partial charge >= 0.3 is 6.03 Å². The number of nitrogens with zero attached hydrogens (tertiary/aromatic N) is 7. The topological polar surface area (TPSA) is 133 Å². The molecule has 42 heavy (non-hydrogen) atoms. The van der Waals surface area contributed by atoms with Gasteiger partial charge < -0.3 is 9.47 Å². The van der Waals surface area contributed by atoms with E-state index in [-0.39, 0.29) is 17.5 Å². The second-order valence-electron chi connectivity index (χ2n) is 11.2. The molecule has 1 aliphatic rings. The zero-order valence-corrected chi connectivity index (χ0v) is 26.0. The fraction of sp³-hybridized carbons (Fsp3) is 0.321. The quantitative estimate of drug-likeness (QED) is 0.142. The van der Waals surface area contributed by atoms with Crippen molar-refractivity contribution in [3.05, 3.63) is 66.6 Å². The van der Waals surface area contributed by atoms with Gasteiger partial charge in [-0.05, 0) is 54.6 Å². The lowest BCUT2D eigenvalue weighted by Crippen LogP contribution is -2.45. The number of hydrogen-bond donors (Lipinski definition) is 0. The van der Waals surface area contributed by atoms with E-state index < -0.39 is 23.9 Å². The van der Waals surface area contributed by atoms with Gasteiger partial charge in [0.25, 0.3) is 0 Å². The highest BCUT2D eigenvalue weighted by molar-refractivity contribution is 7.90. The van der Waals surface area contributed by atoms with Crippen molar-refractivity contribution >= 4 is 41.1 Å². The third kappa shape index (κ3) is 6.50. The van der Waals surface area contributed by atoms with Crippen LogP contribution >= 0.6 is 0 Å². The SMILES string of the molecule is COc1ccc(N2Cc3cnc(S(C)(=O)=O)nc3N(c3ccc(-c4ncn(COCC[Si](C)(C)C)n4)cc3)C2=O)cc1. The second kappa shape index (κ2) is 11.6. The molecule has 0 N–H and O–H groups in total. The van der Waals surface area contributed by atoms with Crippen molar-refractivity contribution < 1.29 is 22.7 Å². The van der Waals surface area contributed by atoms with Crippen molar-refractivity contribution in [3.8, 4) is 17.1 Å². The third-order valence-corrected chi connectivity index (χ3v) is 9.20. The number of urea groups is 1. The summed E-state index contributed by atoms with van der Waals surface area (Å²) in [4.78, 5) is 29.6. The van der Waals surface area contributed by atoms with Gasteiger partial charge in [0.15, 0.2) is 11.6 Å². The van der Waals surface area contributed by atoms with Crippen LogP contribution in [-0.2, 0) is 27.8 Å². The Morgan fingerprint density at radius 3 is 2.31 bits per heavy atom. The first-order valence-corrected chi connectivity index (χ1v) is 18.9. The van der Waals surface area contributed by atoms with Gasteiger partial charge in [0, 0.05) is 43.9 Å². The van der Waals surface area contributed by atoms with Crippen molar-refractivity contribution in [1.82, 2.24) is 24.7 Å². The average Bonchev–Trinajstić information content (AvgIpc) is 3.43. The smallest absolute Gasteiger partial charge is 0.335 e. The monoisotopic (exact) mass is 607 g/mol. The summed E-state index contributed by atoms with van der Waals surface area (Å²) in [6.07, 6.45) is 4.11. The maximum atomic E-state index is 13.9. The maximum absolute atomic E-state index is 13.9. The summed E-state index contributed by atoms with van der Waals surface area (Å²) < 4.78 is 37.2. The number of ether oxygens (including phenoxy) is 2. The number of aromatic nitrogens is 5. The first kappa shape index (κ1) is 29.4. The molecule has 0 unspecified atom stereocenters. The van der Waals surface area contributed by atoms with Crippen molar-refractivity contribution in [2.75, 3.05) is 29.8 Å². The van der Waals surface area contributed by atoms with Crippen LogP contribution in [0.2, 0.25) is 25.7 Å². The number of carbonyl (C=O) groups is 1. The van der Waals surface area contributed by atoms with E-state index in [1.807, 2.05) is 0 Å². The van der Waals surface area contributed by atoms with Gasteiger partial charge in [-0.25, -0.2) is 32.8 Å². The Bertz CT molecular complexity index is 1690. The molecule has 3 heterocycles. The molecule has 0 saturated carbocycles. The van der Waals surface area contributed by atoms with Gasteiger partial charge in [-0.15, -0.1) is 5.10 Å². The lowest BCUT2D eigenvalue weighted by Gasteiger charge is -2.36. The van der Waals surface area contributed by atoms with Crippen LogP contribution in [0.1, 0.15) is 5.56 Å². The summed E-state index contributed by atoms with van der Waals surface area (Å²) in [5.41, 5.74) is 2.48. The summed E-state index contributed by atoms with van der Waals surface area (Å²) in [6.45, 7) is 8.08. The zero-order chi connectivity index (χ0) is 30.1. The van der Waals surface area contributed by atoms with Crippen LogP contribution < -0.4 is 14.5 Å². The van der Waals surface area contributed by atoms with Crippen molar-refractivity contribution in [2.24, 2.45) is 0 Å². The Morgan fingerprint density at radius 1 is 0.976 bits per heavy atom. The highest BCUT2D eigenvalue weighted by Gasteiger charge is 2.35. The largest absolute Gasteiger partial charge is 0.497 e. The number of fused-ring (bicyclic) bond motifs is 1. The predicted molar refractivity (Wildman–Crippen MR) is 161 cm³/mol. The summed E-state index contributed by atoms with van der Waals surface area (Å²) in [5.74, 6) is 1.39. The number of amides is 2. The van der Waals surface area contributed by atoms with Gasteiger partial charge in [0.2, 0.25) is 15.0 Å². The van der Waals surface area contributed by atoms with Gasteiger partial charge in [0.05, 0.1) is 19.3 Å². The summed E-state index contributed by atoms with van der Waals surface area (Å²) in [5, 5.41) is 4.17. The van der Waals surface area contributed by atoms with Crippen LogP contribution in [-0.4, -0.2) is 67.2 Å². The number of anilines is 3. The van der Waals surface area contributed by atoms with Crippen LogP contribution in [0.15, 0.2) is 66.2 Å². The lowest BCUT2D eigenvalue weighted by molar-refractivity contribution is 0.0785. The molecular formula is C28H33N7O5SSi. The van der Waals surface area contributed by atoms with Crippen molar-refractivity contribution in [3.63, 3.8) is 0 Å². The molecule has 1 aliphatic heterocycles. The van der Waals surface area contributed by atoms with Crippen LogP contribution in [0.5, 0.6) is 5.75 Å². The molecule has 2 aromatic heterocycles. The molecule has 0 aliphatic carbocycles. The molecule has 0 radical (unpaired) electrons. The lowest BCUT2D eigenvalue weighted by atomic mass is 10.1. The predicted octanol–water partition coefficient (Wildman–Crippen LogP) is 4.74. The van der Waals surface area contributed by atoms with Gasteiger partial charge in [-0.2, -0.15) is 4.98 Å². The molecule has 2 amide bonds. The highest BCUT2D eigenvalue weighted by atomic mass is 32.2. The Balaban J connectivity index is 1.43. The first-order valence-electron chi connectivity index (χ1n) is 13.3. The Morgan fingerprint density at radius 2 is 1.67 bits per heavy atom. The number of sulfone groups is 1. The minimum absolute atomic E-state index is 0.167. The molecular weight excluding hydrogens is 575 g/mol. The number of methoxy groups -OCH3 is 1. The number of carbonyl (C=O) groups excluding carboxylic acids is 1. The van der Waals surface area contributed by atoms with Crippen LogP contribution in [0.25, 0.3) is 11.4 Å². The number of benzene rings is 2. The third-order valence-electron chi connectivity index (χ3n) is 6.64. The summed E-state index contributed by atoms with van der Waals surface area (Å²) in [7, 11) is -3.31. The van der Waals surface area contributed by atoms with Crippen LogP contribution in [0.4, 0.5) is 22.0 Å². The van der Waals surface area contributed by atoms with E-state index >= 15 is 0 Å². The molecule has 2 aromatic carbocycles. The fourth-order valence-corrected chi connectivity index (χ4v) is 5.55. The van der Waals surface area contributed by atoms with E-state index in [0.717, 1.165) is 17.9 Å². The van der Waals surface area contributed by atoms with Gasteiger partial charge in [0.1, 0.15) is 18.8 Å². The molecule has 0 spiro atoms. The normalized spacial score (nSPS) is 13.8. The average molecular weight is 608 g/mol. The second-order valence-corrected chi connectivity index (χ2v) is 18.7. The minimum atomic E-state index is -3.70. The fourth-order valence-electron chi connectivity index (χ4n) is 4.30. The van der Waals surface area contributed by atoms with E-state index in [9.17, 15) is 13.2 Å². The molecule has 0 atom stereocenters. The Hall–Kier alpha value is -4.14. The van der Waals surface area contributed by atoms with E-state index in [1.54, 1.807) is 71.5 Å². The zero-order valence-electron chi connectivity index (χ0n) is 24.2. The van der Waals surface area contributed by atoms with Gasteiger partial charge in [-0.1, -0.05) is 19.6 Å². The molecule has 14 heteroatoms. The standard InChI is InChI=1S/C28H33N7O5SSi/c1-39-24-12-10-22(11-13-24)34-17-21-16-29-27(41(2,37)38)31-26(21)35(28(34)36)23-8-6-20(7-9-23)25-30-18-33(32-25)19-40-14-15-42(3,4)5/h6-13,16,18H,14-15,17,19H2,1-5H3. The Kier molecular flexibility index (Phi) is 8.12. The van der Waals surface area contributed by atoms with E-state index in [0.29, 0.717) is 41.8 Å². The number of rotatable bonds is 10. The Labute approximate surface area is 245 Å². The van der Waals surface area contributed by atoms with Crippen molar-refractivity contribution in [2.45, 2.75) is 44.1 Å². The van der Waals surface area contributed by atoms with Crippen LogP contribution in [0, 0.1) is 0 Å². The van der Waals surface area contributed by atoms with E-state index in [2.05, 4.69) is 39.7 Å².